The molecule has 0 amide bonds. The lowest BCUT2D eigenvalue weighted by Gasteiger charge is -2.24. The number of tetrazole rings is 1. The predicted molar refractivity (Wildman–Crippen MR) is 95.9 cm³/mol. The quantitative estimate of drug-likeness (QED) is 0.706. The van der Waals surface area contributed by atoms with Crippen molar-refractivity contribution in [1.82, 2.24) is 25.1 Å². The first-order chi connectivity index (χ1) is 11.5. The topological polar surface area (TPSA) is 46.8 Å². The van der Waals surface area contributed by atoms with Crippen molar-refractivity contribution >= 4 is 23.2 Å². The van der Waals surface area contributed by atoms with E-state index in [1.165, 1.54) is 0 Å². The SMILES string of the molecule is Cc1cccc(-n2nnnc2[C@@H](c2ccc(Cl)cc2Cl)N(C)C)c1. The summed E-state index contributed by atoms with van der Waals surface area (Å²) in [6.07, 6.45) is 0. The Hall–Kier alpha value is -1.95. The van der Waals surface area contributed by atoms with Crippen molar-refractivity contribution < 1.29 is 0 Å². The molecule has 7 heteroatoms. The molecule has 0 radical (unpaired) electrons. The fourth-order valence-electron chi connectivity index (χ4n) is 2.68. The number of aryl methyl sites for hydroxylation is 1. The first kappa shape index (κ1) is 16.9. The molecule has 0 fully saturated rings. The summed E-state index contributed by atoms with van der Waals surface area (Å²) < 4.78 is 1.74. The minimum atomic E-state index is -0.203. The van der Waals surface area contributed by atoms with Crippen molar-refractivity contribution in [3.05, 3.63) is 69.5 Å². The van der Waals surface area contributed by atoms with Crippen LogP contribution < -0.4 is 0 Å². The minimum Gasteiger partial charge on any atom is -0.296 e. The van der Waals surface area contributed by atoms with E-state index >= 15 is 0 Å². The van der Waals surface area contributed by atoms with Crippen molar-refractivity contribution in [3.63, 3.8) is 0 Å². The van der Waals surface area contributed by atoms with E-state index in [0.29, 0.717) is 15.9 Å². The molecule has 2 aromatic carbocycles. The minimum absolute atomic E-state index is 0.203. The summed E-state index contributed by atoms with van der Waals surface area (Å²) >= 11 is 12.4. The van der Waals surface area contributed by atoms with Crippen LogP contribution in [0.15, 0.2) is 42.5 Å². The molecule has 0 N–H and O–H groups in total. The molecule has 5 nitrogen and oxygen atoms in total. The van der Waals surface area contributed by atoms with Crippen LogP contribution in [-0.4, -0.2) is 39.2 Å². The Kier molecular flexibility index (Phi) is 4.85. The Labute approximate surface area is 150 Å². The van der Waals surface area contributed by atoms with Gasteiger partial charge in [0.25, 0.3) is 0 Å². The second-order valence-corrected chi connectivity index (χ2v) is 6.66. The van der Waals surface area contributed by atoms with E-state index in [9.17, 15) is 0 Å². The van der Waals surface area contributed by atoms with E-state index < -0.39 is 0 Å². The van der Waals surface area contributed by atoms with Crippen LogP contribution >= 0.6 is 23.2 Å². The van der Waals surface area contributed by atoms with Gasteiger partial charge in [0.05, 0.1) is 11.7 Å². The zero-order valence-corrected chi connectivity index (χ0v) is 15.1. The van der Waals surface area contributed by atoms with Gasteiger partial charge in [0.1, 0.15) is 0 Å². The highest BCUT2D eigenvalue weighted by molar-refractivity contribution is 6.35. The molecule has 0 saturated heterocycles. The standard InChI is InChI=1S/C17H17Cl2N5/c1-11-5-4-6-13(9-11)24-17(20-21-22-24)16(23(2)3)14-8-7-12(18)10-15(14)19/h4-10,16H,1-3H3/t16-/m1/s1. The lowest BCUT2D eigenvalue weighted by Crippen LogP contribution is -2.25. The van der Waals surface area contributed by atoms with Gasteiger partial charge in [-0.15, -0.1) is 5.10 Å². The Morgan fingerprint density at radius 2 is 1.88 bits per heavy atom. The van der Waals surface area contributed by atoms with Gasteiger partial charge in [0, 0.05) is 10.0 Å². The average Bonchev–Trinajstić information content (AvgIpc) is 2.98. The summed E-state index contributed by atoms with van der Waals surface area (Å²) in [7, 11) is 3.93. The molecule has 24 heavy (non-hydrogen) atoms. The van der Waals surface area contributed by atoms with Crippen LogP contribution in [0, 0.1) is 6.92 Å². The molecule has 124 valence electrons. The summed E-state index contributed by atoms with van der Waals surface area (Å²) in [6.45, 7) is 2.03. The van der Waals surface area contributed by atoms with Gasteiger partial charge in [-0.3, -0.25) is 4.90 Å². The third-order valence-electron chi connectivity index (χ3n) is 3.76. The van der Waals surface area contributed by atoms with Crippen LogP contribution in [0.3, 0.4) is 0 Å². The number of benzene rings is 2. The number of rotatable bonds is 4. The predicted octanol–water partition coefficient (Wildman–Crippen LogP) is 3.93. The molecule has 0 saturated carbocycles. The van der Waals surface area contributed by atoms with Crippen molar-refractivity contribution in [2.75, 3.05) is 14.1 Å². The molecular weight excluding hydrogens is 345 g/mol. The van der Waals surface area contributed by atoms with E-state index in [2.05, 4.69) is 15.5 Å². The van der Waals surface area contributed by atoms with Gasteiger partial charge in [-0.1, -0.05) is 41.4 Å². The van der Waals surface area contributed by atoms with E-state index in [1.54, 1.807) is 10.7 Å². The monoisotopic (exact) mass is 361 g/mol. The Balaban J connectivity index is 2.13. The van der Waals surface area contributed by atoms with E-state index in [4.69, 9.17) is 23.2 Å². The molecule has 1 aromatic heterocycles. The largest absolute Gasteiger partial charge is 0.296 e. The van der Waals surface area contributed by atoms with Gasteiger partial charge in [-0.05, 0) is 66.8 Å². The second-order valence-electron chi connectivity index (χ2n) is 5.82. The zero-order chi connectivity index (χ0) is 17.3. The number of hydrogen-bond acceptors (Lipinski definition) is 4. The maximum Gasteiger partial charge on any atom is 0.178 e. The molecule has 0 spiro atoms. The maximum atomic E-state index is 6.42. The summed E-state index contributed by atoms with van der Waals surface area (Å²) in [5, 5.41) is 13.5. The van der Waals surface area contributed by atoms with Crippen molar-refractivity contribution in [3.8, 4) is 5.69 Å². The van der Waals surface area contributed by atoms with Crippen LogP contribution in [0.1, 0.15) is 23.0 Å². The lowest BCUT2D eigenvalue weighted by molar-refractivity contribution is 0.325. The van der Waals surface area contributed by atoms with E-state index in [-0.39, 0.29) is 6.04 Å². The molecule has 0 aliphatic rings. The van der Waals surface area contributed by atoms with Crippen LogP contribution in [0.5, 0.6) is 0 Å². The van der Waals surface area contributed by atoms with Gasteiger partial charge >= 0.3 is 0 Å². The first-order valence-electron chi connectivity index (χ1n) is 7.44. The highest BCUT2D eigenvalue weighted by atomic mass is 35.5. The number of nitrogens with zero attached hydrogens (tertiary/aromatic N) is 5. The molecule has 0 unspecified atom stereocenters. The van der Waals surface area contributed by atoms with Crippen molar-refractivity contribution in [2.45, 2.75) is 13.0 Å². The maximum absolute atomic E-state index is 6.42. The van der Waals surface area contributed by atoms with Gasteiger partial charge in [-0.25, -0.2) is 0 Å². The Bertz CT molecular complexity index is 860. The fourth-order valence-corrected chi connectivity index (χ4v) is 3.19. The highest BCUT2D eigenvalue weighted by Crippen LogP contribution is 2.33. The lowest BCUT2D eigenvalue weighted by atomic mass is 10.0. The normalized spacial score (nSPS) is 12.6. The number of hydrogen-bond donors (Lipinski definition) is 0. The molecule has 1 heterocycles. The Morgan fingerprint density at radius 3 is 2.54 bits per heavy atom. The molecular formula is C17H17Cl2N5. The summed E-state index contributed by atoms with van der Waals surface area (Å²) in [5.41, 5.74) is 2.95. The summed E-state index contributed by atoms with van der Waals surface area (Å²) in [5.74, 6) is 0.690. The smallest absolute Gasteiger partial charge is 0.178 e. The highest BCUT2D eigenvalue weighted by Gasteiger charge is 2.26. The van der Waals surface area contributed by atoms with E-state index in [0.717, 1.165) is 16.8 Å². The molecule has 0 bridgehead atoms. The second kappa shape index (κ2) is 6.89. The average molecular weight is 362 g/mol. The van der Waals surface area contributed by atoms with Crippen molar-refractivity contribution in [1.29, 1.82) is 0 Å². The van der Waals surface area contributed by atoms with E-state index in [1.807, 2.05) is 62.3 Å². The summed E-state index contributed by atoms with van der Waals surface area (Å²) in [6, 6.07) is 13.3. The third-order valence-corrected chi connectivity index (χ3v) is 4.32. The first-order valence-corrected chi connectivity index (χ1v) is 8.19. The molecule has 3 rings (SSSR count). The van der Waals surface area contributed by atoms with Gasteiger partial charge in [-0.2, -0.15) is 4.68 Å². The molecule has 1 atom stereocenters. The van der Waals surface area contributed by atoms with Crippen LogP contribution in [0.25, 0.3) is 5.69 Å². The van der Waals surface area contributed by atoms with Gasteiger partial charge in [0.2, 0.25) is 0 Å². The zero-order valence-electron chi connectivity index (χ0n) is 13.6. The van der Waals surface area contributed by atoms with Gasteiger partial charge in [0.15, 0.2) is 5.82 Å². The molecule has 0 aliphatic heterocycles. The fraction of sp³-hybridized carbons (Fsp3) is 0.235. The molecule has 3 aromatic rings. The van der Waals surface area contributed by atoms with Crippen LogP contribution in [0.4, 0.5) is 0 Å². The van der Waals surface area contributed by atoms with Crippen molar-refractivity contribution in [2.24, 2.45) is 0 Å². The third kappa shape index (κ3) is 3.29. The van der Waals surface area contributed by atoms with Crippen LogP contribution in [0.2, 0.25) is 10.0 Å². The molecule has 0 aliphatic carbocycles. The Morgan fingerprint density at radius 1 is 1.08 bits per heavy atom. The summed E-state index contributed by atoms with van der Waals surface area (Å²) in [4.78, 5) is 2.02. The van der Waals surface area contributed by atoms with Crippen LogP contribution in [-0.2, 0) is 0 Å². The number of halogens is 2. The van der Waals surface area contributed by atoms with Gasteiger partial charge < -0.3 is 0 Å². The number of aromatic nitrogens is 4.